The molecule has 0 radical (unpaired) electrons. The van der Waals surface area contributed by atoms with E-state index in [9.17, 15) is 0 Å². The number of likely N-dealkylation sites (tertiary alicyclic amines) is 1. The highest BCUT2D eigenvalue weighted by Crippen LogP contribution is 2.47. The van der Waals surface area contributed by atoms with Gasteiger partial charge >= 0.3 is 0 Å². The molecule has 1 N–H and O–H groups in total. The lowest BCUT2D eigenvalue weighted by Crippen LogP contribution is -2.42. The summed E-state index contributed by atoms with van der Waals surface area (Å²) in [4.78, 5) is 11.8. The van der Waals surface area contributed by atoms with Gasteiger partial charge in [0, 0.05) is 38.2 Å². The summed E-state index contributed by atoms with van der Waals surface area (Å²) >= 11 is 0. The van der Waals surface area contributed by atoms with Crippen LogP contribution in [0.4, 0.5) is 0 Å². The van der Waals surface area contributed by atoms with Gasteiger partial charge in [-0.1, -0.05) is 30.6 Å². The Labute approximate surface area is 167 Å². The molecule has 150 valence electrons. The number of nitrogens with zero attached hydrogens (tertiary/aromatic N) is 4. The average molecular weight is 382 g/mol. The molecule has 2 aromatic rings. The number of benzene rings is 1. The number of aromatic nitrogens is 2. The Morgan fingerprint density at radius 2 is 2.04 bits per heavy atom. The first-order valence-corrected chi connectivity index (χ1v) is 10.7. The van der Waals surface area contributed by atoms with Crippen molar-refractivity contribution in [1.29, 1.82) is 0 Å². The Bertz CT molecular complexity index is 807. The van der Waals surface area contributed by atoms with Gasteiger partial charge < -0.3 is 14.7 Å². The van der Waals surface area contributed by atoms with Crippen LogP contribution in [-0.4, -0.2) is 47.2 Å². The Morgan fingerprint density at radius 1 is 1.21 bits per heavy atom. The van der Waals surface area contributed by atoms with E-state index in [-0.39, 0.29) is 0 Å². The van der Waals surface area contributed by atoms with E-state index >= 15 is 0 Å². The van der Waals surface area contributed by atoms with Crippen LogP contribution in [0, 0.1) is 5.41 Å². The molecule has 6 nitrogen and oxygen atoms in total. The molecule has 0 atom stereocenters. The number of aryl methyl sites for hydroxylation is 1. The van der Waals surface area contributed by atoms with Crippen LogP contribution in [0.15, 0.2) is 33.8 Å². The molecule has 2 aliphatic rings. The summed E-state index contributed by atoms with van der Waals surface area (Å²) in [5.41, 5.74) is 2.84. The van der Waals surface area contributed by atoms with E-state index in [1.807, 2.05) is 6.92 Å². The lowest BCUT2D eigenvalue weighted by molar-refractivity contribution is 0.151. The van der Waals surface area contributed by atoms with E-state index in [0.717, 1.165) is 49.8 Å². The second-order valence-electron chi connectivity index (χ2n) is 8.08. The first-order chi connectivity index (χ1) is 13.7. The first kappa shape index (κ1) is 19.0. The topological polar surface area (TPSA) is 66.5 Å². The van der Waals surface area contributed by atoms with Gasteiger partial charge in [0.15, 0.2) is 11.8 Å². The molecule has 1 aliphatic heterocycles. The Morgan fingerprint density at radius 3 is 2.64 bits per heavy atom. The number of guanidine groups is 1. The number of nitrogens with one attached hydrogen (secondary N) is 1. The molecular weight excluding hydrogens is 350 g/mol. The summed E-state index contributed by atoms with van der Waals surface area (Å²) in [6.45, 7) is 8.20. The maximum atomic E-state index is 5.31. The van der Waals surface area contributed by atoms with Gasteiger partial charge in [-0.15, -0.1) is 0 Å². The highest BCUT2D eigenvalue weighted by molar-refractivity contribution is 5.80. The Kier molecular flexibility index (Phi) is 5.64. The molecule has 28 heavy (non-hydrogen) atoms. The fraction of sp³-hybridized carbons (Fsp3) is 0.591. The molecule has 0 amide bonds. The van der Waals surface area contributed by atoms with Gasteiger partial charge in [-0.25, -0.2) is 0 Å². The van der Waals surface area contributed by atoms with E-state index in [4.69, 9.17) is 9.52 Å². The monoisotopic (exact) mass is 381 g/mol. The van der Waals surface area contributed by atoms with Crippen LogP contribution < -0.4 is 5.32 Å². The summed E-state index contributed by atoms with van der Waals surface area (Å²) in [5.74, 6) is 2.42. The van der Waals surface area contributed by atoms with E-state index in [1.54, 1.807) is 0 Å². The largest absolute Gasteiger partial charge is 0.357 e. The third-order valence-corrected chi connectivity index (χ3v) is 6.13. The van der Waals surface area contributed by atoms with Crippen molar-refractivity contribution in [3.05, 3.63) is 35.7 Å². The van der Waals surface area contributed by atoms with E-state index < -0.39 is 0 Å². The predicted molar refractivity (Wildman–Crippen MR) is 111 cm³/mol. The second kappa shape index (κ2) is 8.33. The molecule has 1 saturated heterocycles. The van der Waals surface area contributed by atoms with Gasteiger partial charge in [0.25, 0.3) is 5.89 Å². The molecule has 4 rings (SSSR count). The Balaban J connectivity index is 1.34. The minimum Gasteiger partial charge on any atom is -0.357 e. The van der Waals surface area contributed by atoms with Crippen LogP contribution in [0.2, 0.25) is 0 Å². The fourth-order valence-corrected chi connectivity index (χ4v) is 4.25. The van der Waals surface area contributed by atoms with Crippen LogP contribution in [0.5, 0.6) is 0 Å². The van der Waals surface area contributed by atoms with Crippen LogP contribution in [0.25, 0.3) is 11.5 Å². The van der Waals surface area contributed by atoms with Crippen molar-refractivity contribution in [1.82, 2.24) is 20.4 Å². The molecule has 1 aromatic heterocycles. The maximum Gasteiger partial charge on any atom is 0.257 e. The maximum absolute atomic E-state index is 5.31. The fourth-order valence-electron chi connectivity index (χ4n) is 4.25. The molecule has 1 spiro atoms. The summed E-state index contributed by atoms with van der Waals surface area (Å²) in [6, 6.07) is 8.37. The average Bonchev–Trinajstić information content (AvgIpc) is 3.35. The minimum atomic E-state index is 0.592. The van der Waals surface area contributed by atoms with Crippen LogP contribution >= 0.6 is 0 Å². The van der Waals surface area contributed by atoms with Crippen molar-refractivity contribution in [2.45, 2.75) is 52.4 Å². The van der Waals surface area contributed by atoms with Crippen molar-refractivity contribution in [3.63, 3.8) is 0 Å². The van der Waals surface area contributed by atoms with Crippen molar-refractivity contribution < 1.29 is 4.52 Å². The lowest BCUT2D eigenvalue weighted by atomic mass is 9.68. The third kappa shape index (κ3) is 4.05. The van der Waals surface area contributed by atoms with Gasteiger partial charge in [-0.05, 0) is 55.7 Å². The zero-order valence-electron chi connectivity index (χ0n) is 17.1. The minimum absolute atomic E-state index is 0.592. The normalized spacial score (nSPS) is 18.5. The standard InChI is InChI=1S/C22H31N5O/c1-3-19-25-20(28-26-19)18-8-6-17(7-9-18)10-14-24-21(23-4-2)27-15-13-22(16-27)11-5-12-22/h6-9H,3-5,10-16H2,1-2H3,(H,23,24). The lowest BCUT2D eigenvalue weighted by Gasteiger charge is -2.38. The van der Waals surface area contributed by atoms with Crippen molar-refractivity contribution in [2.75, 3.05) is 26.2 Å². The smallest absolute Gasteiger partial charge is 0.257 e. The molecule has 2 fully saturated rings. The second-order valence-corrected chi connectivity index (χ2v) is 8.08. The molecule has 1 aromatic carbocycles. The van der Waals surface area contributed by atoms with Crippen molar-refractivity contribution in [3.8, 4) is 11.5 Å². The number of rotatable bonds is 6. The van der Waals surface area contributed by atoms with Gasteiger partial charge in [0.1, 0.15) is 0 Å². The van der Waals surface area contributed by atoms with Crippen LogP contribution in [0.1, 0.15) is 50.9 Å². The molecular formula is C22H31N5O. The van der Waals surface area contributed by atoms with Crippen LogP contribution in [0.3, 0.4) is 0 Å². The van der Waals surface area contributed by atoms with Gasteiger partial charge in [-0.3, -0.25) is 4.99 Å². The summed E-state index contributed by atoms with van der Waals surface area (Å²) in [7, 11) is 0. The Hall–Kier alpha value is -2.37. The van der Waals surface area contributed by atoms with E-state index in [0.29, 0.717) is 11.3 Å². The summed E-state index contributed by atoms with van der Waals surface area (Å²) in [5, 5.41) is 7.45. The van der Waals surface area contributed by atoms with Gasteiger partial charge in [0.2, 0.25) is 0 Å². The predicted octanol–water partition coefficient (Wildman–Crippen LogP) is 3.68. The molecule has 0 bridgehead atoms. The zero-order valence-corrected chi connectivity index (χ0v) is 17.1. The number of hydrogen-bond acceptors (Lipinski definition) is 4. The SMILES string of the molecule is CCNC(=NCCc1ccc(-c2nc(CC)no2)cc1)N1CCC2(CCC2)C1. The number of aliphatic imine (C=N–C) groups is 1. The first-order valence-electron chi connectivity index (χ1n) is 10.7. The quantitative estimate of drug-likeness (QED) is 0.611. The number of hydrogen-bond donors (Lipinski definition) is 1. The zero-order chi connectivity index (χ0) is 19.4. The summed E-state index contributed by atoms with van der Waals surface area (Å²) in [6.07, 6.45) is 7.24. The van der Waals surface area contributed by atoms with Gasteiger partial charge in [-0.2, -0.15) is 4.98 Å². The van der Waals surface area contributed by atoms with E-state index in [1.165, 1.54) is 37.8 Å². The third-order valence-electron chi connectivity index (χ3n) is 6.13. The highest BCUT2D eigenvalue weighted by atomic mass is 16.5. The van der Waals surface area contributed by atoms with E-state index in [2.05, 4.69) is 51.5 Å². The van der Waals surface area contributed by atoms with Crippen molar-refractivity contribution >= 4 is 5.96 Å². The summed E-state index contributed by atoms with van der Waals surface area (Å²) < 4.78 is 5.31. The molecule has 0 unspecified atom stereocenters. The molecule has 2 heterocycles. The highest BCUT2D eigenvalue weighted by Gasteiger charge is 2.43. The molecule has 1 saturated carbocycles. The van der Waals surface area contributed by atoms with Crippen molar-refractivity contribution in [2.24, 2.45) is 10.4 Å². The van der Waals surface area contributed by atoms with Gasteiger partial charge in [0.05, 0.1) is 0 Å². The van der Waals surface area contributed by atoms with Crippen LogP contribution in [-0.2, 0) is 12.8 Å². The molecule has 6 heteroatoms. The molecule has 1 aliphatic carbocycles.